The molecular formula is C19H25ClN4OS. The van der Waals surface area contributed by atoms with Crippen LogP contribution >= 0.6 is 23.4 Å². The summed E-state index contributed by atoms with van der Waals surface area (Å²) in [5.74, 6) is 1.93. The molecule has 26 heavy (non-hydrogen) atoms. The van der Waals surface area contributed by atoms with Gasteiger partial charge >= 0.3 is 0 Å². The molecule has 2 aromatic rings. The summed E-state index contributed by atoms with van der Waals surface area (Å²) in [7, 11) is 0. The molecule has 0 saturated heterocycles. The van der Waals surface area contributed by atoms with Gasteiger partial charge in [-0.2, -0.15) is 0 Å². The van der Waals surface area contributed by atoms with E-state index < -0.39 is 0 Å². The molecule has 1 aromatic heterocycles. The second-order valence-corrected chi connectivity index (χ2v) is 7.74. The van der Waals surface area contributed by atoms with Crippen molar-refractivity contribution in [3.8, 4) is 0 Å². The van der Waals surface area contributed by atoms with Crippen molar-refractivity contribution in [2.75, 3.05) is 0 Å². The Balaban J connectivity index is 2.06. The van der Waals surface area contributed by atoms with E-state index >= 15 is 0 Å². The van der Waals surface area contributed by atoms with E-state index in [0.717, 1.165) is 33.9 Å². The first-order chi connectivity index (χ1) is 12.5. The van der Waals surface area contributed by atoms with Crippen molar-refractivity contribution >= 4 is 29.3 Å². The molecule has 0 saturated carbocycles. The highest BCUT2D eigenvalue weighted by Gasteiger charge is 2.15. The fourth-order valence-electron chi connectivity index (χ4n) is 2.36. The molecule has 5 nitrogen and oxygen atoms in total. The van der Waals surface area contributed by atoms with Crippen molar-refractivity contribution < 1.29 is 4.79 Å². The fraction of sp³-hybridized carbons (Fsp3) is 0.421. The van der Waals surface area contributed by atoms with Gasteiger partial charge in [0.25, 0.3) is 0 Å². The Morgan fingerprint density at radius 3 is 2.85 bits per heavy atom. The van der Waals surface area contributed by atoms with Crippen LogP contribution in [0.25, 0.3) is 0 Å². The van der Waals surface area contributed by atoms with Crippen LogP contribution in [0.2, 0.25) is 5.02 Å². The molecule has 1 amide bonds. The quantitative estimate of drug-likeness (QED) is 0.479. The van der Waals surface area contributed by atoms with Gasteiger partial charge in [0.2, 0.25) is 5.91 Å². The topological polar surface area (TPSA) is 59.8 Å². The molecule has 0 spiro atoms. The van der Waals surface area contributed by atoms with E-state index in [0.29, 0.717) is 25.3 Å². The summed E-state index contributed by atoms with van der Waals surface area (Å²) < 4.78 is 2.08. The number of thioether (sulfide) groups is 1. The first-order valence-electron chi connectivity index (χ1n) is 8.67. The maximum atomic E-state index is 11.8. The van der Waals surface area contributed by atoms with Crippen LogP contribution in [0.15, 0.2) is 42.1 Å². The molecule has 0 fully saturated rings. The van der Waals surface area contributed by atoms with Gasteiger partial charge < -0.3 is 9.88 Å². The monoisotopic (exact) mass is 392 g/mol. The first kappa shape index (κ1) is 20.5. The number of nitrogens with zero attached hydrogens (tertiary/aromatic N) is 3. The van der Waals surface area contributed by atoms with E-state index in [1.54, 1.807) is 17.8 Å². The van der Waals surface area contributed by atoms with Gasteiger partial charge in [-0.3, -0.25) is 4.79 Å². The molecule has 1 N–H and O–H groups in total. The number of rotatable bonds is 10. The van der Waals surface area contributed by atoms with E-state index in [1.807, 2.05) is 24.3 Å². The third-order valence-corrected chi connectivity index (χ3v) is 5.06. The molecular weight excluding hydrogens is 368 g/mol. The number of hydrogen-bond acceptors (Lipinski definition) is 4. The predicted octanol–water partition coefficient (Wildman–Crippen LogP) is 4.46. The third kappa shape index (κ3) is 6.18. The highest BCUT2D eigenvalue weighted by Crippen LogP contribution is 2.26. The first-order valence-corrected chi connectivity index (χ1v) is 10.0. The molecule has 7 heteroatoms. The van der Waals surface area contributed by atoms with Crippen molar-refractivity contribution in [1.29, 1.82) is 0 Å². The number of carbonyl (C=O) groups is 1. The molecule has 1 heterocycles. The number of nitrogens with one attached hydrogen (secondary N) is 1. The minimum absolute atomic E-state index is 0.00531. The lowest BCUT2D eigenvalue weighted by atomic mass is 10.2. The average Bonchev–Trinajstić information content (AvgIpc) is 2.98. The van der Waals surface area contributed by atoms with Gasteiger partial charge in [0.05, 0.1) is 6.54 Å². The summed E-state index contributed by atoms with van der Waals surface area (Å²) >= 11 is 7.84. The average molecular weight is 393 g/mol. The Kier molecular flexibility index (Phi) is 8.19. The van der Waals surface area contributed by atoms with E-state index in [-0.39, 0.29) is 5.91 Å². The van der Waals surface area contributed by atoms with Crippen molar-refractivity contribution in [1.82, 2.24) is 20.1 Å². The van der Waals surface area contributed by atoms with Crippen molar-refractivity contribution in [3.63, 3.8) is 0 Å². The number of allylic oxidation sites excluding steroid dienone is 1. The van der Waals surface area contributed by atoms with Crippen LogP contribution in [0.3, 0.4) is 0 Å². The molecule has 1 aromatic carbocycles. The number of carbonyl (C=O) groups excluding carboxylic acids is 1. The number of benzene rings is 1. The molecule has 0 aliphatic rings. The molecule has 0 unspecified atom stereocenters. The van der Waals surface area contributed by atoms with Gasteiger partial charge in [0.15, 0.2) is 11.0 Å². The van der Waals surface area contributed by atoms with Crippen molar-refractivity contribution in [2.45, 2.75) is 50.7 Å². The van der Waals surface area contributed by atoms with Crippen LogP contribution in [0.5, 0.6) is 0 Å². The number of hydrogen-bond donors (Lipinski definition) is 1. The zero-order valence-corrected chi connectivity index (χ0v) is 16.8. The second-order valence-electron chi connectivity index (χ2n) is 6.39. The smallest absolute Gasteiger partial charge is 0.220 e. The van der Waals surface area contributed by atoms with Crippen LogP contribution < -0.4 is 5.32 Å². The number of amides is 1. The highest BCUT2D eigenvalue weighted by atomic mass is 35.5. The van der Waals surface area contributed by atoms with E-state index in [2.05, 4.69) is 40.5 Å². The Hall–Kier alpha value is -1.79. The van der Waals surface area contributed by atoms with E-state index in [1.165, 1.54) is 0 Å². The van der Waals surface area contributed by atoms with Gasteiger partial charge in [-0.15, -0.1) is 16.8 Å². The third-order valence-electron chi connectivity index (χ3n) is 3.67. The zero-order chi connectivity index (χ0) is 18.9. The van der Waals surface area contributed by atoms with Gasteiger partial charge in [-0.25, -0.2) is 0 Å². The lowest BCUT2D eigenvalue weighted by Crippen LogP contribution is -2.25. The minimum Gasteiger partial charge on any atom is -0.349 e. The summed E-state index contributed by atoms with van der Waals surface area (Å²) in [4.78, 5) is 11.8. The number of halogens is 1. The molecule has 0 bridgehead atoms. The van der Waals surface area contributed by atoms with Gasteiger partial charge in [0.1, 0.15) is 0 Å². The predicted molar refractivity (Wildman–Crippen MR) is 107 cm³/mol. The summed E-state index contributed by atoms with van der Waals surface area (Å²) in [5.41, 5.74) is 1.07. The van der Waals surface area contributed by atoms with Crippen LogP contribution in [-0.4, -0.2) is 20.7 Å². The largest absolute Gasteiger partial charge is 0.349 e. The molecule has 0 aliphatic carbocycles. The Morgan fingerprint density at radius 2 is 2.15 bits per heavy atom. The summed E-state index contributed by atoms with van der Waals surface area (Å²) in [6.45, 7) is 9.11. The molecule has 0 aliphatic heterocycles. The van der Waals surface area contributed by atoms with Crippen LogP contribution in [0, 0.1) is 5.92 Å². The van der Waals surface area contributed by atoms with Crippen LogP contribution in [0.1, 0.15) is 38.1 Å². The number of aromatic nitrogens is 3. The standard InChI is InChI=1S/C19H25ClN4OS/c1-4-5-10-18(25)21-11-17-22-23-19(24(17)12-14(2)3)26-13-15-8-6-7-9-16(15)20/h4,6-9,14H,1,5,10-13H2,2-3H3,(H,21,25). The molecule has 0 atom stereocenters. The van der Waals surface area contributed by atoms with E-state index in [9.17, 15) is 4.79 Å². The second kappa shape index (κ2) is 10.4. The van der Waals surface area contributed by atoms with Crippen molar-refractivity contribution in [2.24, 2.45) is 5.92 Å². The zero-order valence-electron chi connectivity index (χ0n) is 15.2. The molecule has 140 valence electrons. The minimum atomic E-state index is -0.00531. The fourth-order valence-corrected chi connectivity index (χ4v) is 3.61. The highest BCUT2D eigenvalue weighted by molar-refractivity contribution is 7.98. The maximum absolute atomic E-state index is 11.8. The normalized spacial score (nSPS) is 10.9. The molecule has 0 radical (unpaired) electrons. The van der Waals surface area contributed by atoms with Crippen LogP contribution in [0.4, 0.5) is 0 Å². The lowest BCUT2D eigenvalue weighted by molar-refractivity contribution is -0.121. The van der Waals surface area contributed by atoms with Gasteiger partial charge in [-0.05, 0) is 24.0 Å². The summed E-state index contributed by atoms with van der Waals surface area (Å²) in [6.07, 6.45) is 2.85. The van der Waals surface area contributed by atoms with E-state index in [4.69, 9.17) is 11.6 Å². The lowest BCUT2D eigenvalue weighted by Gasteiger charge is -2.13. The Labute approximate surface area is 164 Å². The molecule has 2 rings (SSSR count). The Morgan fingerprint density at radius 1 is 1.38 bits per heavy atom. The maximum Gasteiger partial charge on any atom is 0.220 e. The van der Waals surface area contributed by atoms with Gasteiger partial charge in [-0.1, -0.05) is 61.5 Å². The van der Waals surface area contributed by atoms with Crippen LogP contribution in [-0.2, 0) is 23.6 Å². The summed E-state index contributed by atoms with van der Waals surface area (Å²) in [6, 6.07) is 7.80. The Bertz CT molecular complexity index is 745. The van der Waals surface area contributed by atoms with Crippen molar-refractivity contribution in [3.05, 3.63) is 53.3 Å². The van der Waals surface area contributed by atoms with Gasteiger partial charge in [0, 0.05) is 23.7 Å². The summed E-state index contributed by atoms with van der Waals surface area (Å²) in [5, 5.41) is 13.1. The SMILES string of the molecule is C=CCCC(=O)NCc1nnc(SCc2ccccc2Cl)n1CC(C)C.